The quantitative estimate of drug-likeness (QED) is 0.755. The highest BCUT2D eigenvalue weighted by molar-refractivity contribution is 9.10. The zero-order valence-corrected chi connectivity index (χ0v) is 10.2. The van der Waals surface area contributed by atoms with Gasteiger partial charge in [-0.3, -0.25) is 0 Å². The summed E-state index contributed by atoms with van der Waals surface area (Å²) in [5, 5.41) is 0.578. The van der Waals surface area contributed by atoms with Gasteiger partial charge in [0.05, 0.1) is 11.1 Å². The minimum Gasteiger partial charge on any atom is -0.359 e. The molecule has 0 saturated heterocycles. The predicted octanol–water partition coefficient (Wildman–Crippen LogP) is 3.73. The minimum absolute atomic E-state index is 0.578. The molecule has 1 aliphatic rings. The molecule has 13 heavy (non-hydrogen) atoms. The van der Waals surface area contributed by atoms with E-state index in [-0.39, 0.29) is 0 Å². The van der Waals surface area contributed by atoms with Crippen molar-refractivity contribution in [2.24, 2.45) is 0 Å². The molecule has 0 saturated carbocycles. The number of fused-ring (bicyclic) bond motifs is 1. The maximum atomic E-state index is 3.49. The molecule has 1 aliphatic heterocycles. The molecule has 0 amide bonds. The number of halogens is 1. The molecule has 0 aromatic heterocycles. The summed E-state index contributed by atoms with van der Waals surface area (Å²) in [7, 11) is 0. The highest BCUT2D eigenvalue weighted by Gasteiger charge is 2.24. The van der Waals surface area contributed by atoms with E-state index in [1.165, 1.54) is 15.1 Å². The standard InChI is InChI=1S/C10H12BrNS/c1-3-12-7(2)13-10-6-8(11)4-5-9(10)12/h4-7H,3H2,1-2H3. The first-order valence-electron chi connectivity index (χ1n) is 4.45. The Kier molecular flexibility index (Phi) is 2.56. The lowest BCUT2D eigenvalue weighted by Crippen LogP contribution is -2.25. The Morgan fingerprint density at radius 2 is 2.31 bits per heavy atom. The maximum absolute atomic E-state index is 3.49. The third kappa shape index (κ3) is 1.59. The molecular formula is C10H12BrNS. The fraction of sp³-hybridized carbons (Fsp3) is 0.400. The number of nitrogens with zero attached hydrogens (tertiary/aromatic N) is 1. The fourth-order valence-electron chi connectivity index (χ4n) is 1.69. The second kappa shape index (κ2) is 3.54. The normalized spacial score (nSPS) is 20.5. The van der Waals surface area contributed by atoms with Gasteiger partial charge >= 0.3 is 0 Å². The smallest absolute Gasteiger partial charge is 0.0769 e. The van der Waals surface area contributed by atoms with Crippen LogP contribution in [0.1, 0.15) is 13.8 Å². The first-order chi connectivity index (χ1) is 6.22. The molecule has 2 rings (SSSR count). The van der Waals surface area contributed by atoms with E-state index in [4.69, 9.17) is 0 Å². The lowest BCUT2D eigenvalue weighted by Gasteiger charge is -2.21. The monoisotopic (exact) mass is 257 g/mol. The zero-order chi connectivity index (χ0) is 9.42. The molecule has 1 aromatic rings. The molecule has 0 spiro atoms. The van der Waals surface area contributed by atoms with E-state index in [9.17, 15) is 0 Å². The van der Waals surface area contributed by atoms with Crippen molar-refractivity contribution in [2.45, 2.75) is 24.1 Å². The van der Waals surface area contributed by atoms with Crippen LogP contribution in [0.5, 0.6) is 0 Å². The van der Waals surface area contributed by atoms with E-state index in [0.717, 1.165) is 6.54 Å². The third-order valence-corrected chi connectivity index (χ3v) is 3.98. The minimum atomic E-state index is 0.578. The van der Waals surface area contributed by atoms with Gasteiger partial charge in [0.15, 0.2) is 0 Å². The van der Waals surface area contributed by atoms with Crippen molar-refractivity contribution in [3.63, 3.8) is 0 Å². The average molecular weight is 258 g/mol. The van der Waals surface area contributed by atoms with E-state index in [1.807, 2.05) is 11.8 Å². The van der Waals surface area contributed by atoms with Gasteiger partial charge in [-0.1, -0.05) is 27.7 Å². The van der Waals surface area contributed by atoms with Gasteiger partial charge < -0.3 is 4.90 Å². The van der Waals surface area contributed by atoms with E-state index in [0.29, 0.717) is 5.37 Å². The Bertz CT molecular complexity index is 327. The van der Waals surface area contributed by atoms with Gasteiger partial charge in [0.2, 0.25) is 0 Å². The lowest BCUT2D eigenvalue weighted by molar-refractivity contribution is 0.833. The summed E-state index contributed by atoms with van der Waals surface area (Å²) in [5.41, 5.74) is 1.38. The van der Waals surface area contributed by atoms with Crippen LogP contribution >= 0.6 is 27.7 Å². The molecule has 0 radical (unpaired) electrons. The first kappa shape index (κ1) is 9.41. The van der Waals surface area contributed by atoms with Crippen LogP contribution in [0.25, 0.3) is 0 Å². The second-order valence-corrected chi connectivity index (χ2v) is 5.39. The van der Waals surface area contributed by atoms with Gasteiger partial charge in [-0.25, -0.2) is 0 Å². The molecule has 0 bridgehead atoms. The van der Waals surface area contributed by atoms with Gasteiger partial charge in [-0.2, -0.15) is 0 Å². The maximum Gasteiger partial charge on any atom is 0.0769 e. The van der Waals surface area contributed by atoms with Crippen LogP contribution in [-0.2, 0) is 0 Å². The van der Waals surface area contributed by atoms with Crippen LogP contribution < -0.4 is 4.90 Å². The molecular weight excluding hydrogens is 246 g/mol. The summed E-state index contributed by atoms with van der Waals surface area (Å²) in [6, 6.07) is 6.51. The van der Waals surface area contributed by atoms with Crippen molar-refractivity contribution in [3.05, 3.63) is 22.7 Å². The molecule has 1 heterocycles. The van der Waals surface area contributed by atoms with Gasteiger partial charge in [-0.15, -0.1) is 0 Å². The lowest BCUT2D eigenvalue weighted by atomic mass is 10.3. The van der Waals surface area contributed by atoms with Gasteiger partial charge in [-0.05, 0) is 32.0 Å². The van der Waals surface area contributed by atoms with Crippen LogP contribution in [-0.4, -0.2) is 11.9 Å². The van der Waals surface area contributed by atoms with Gasteiger partial charge in [0, 0.05) is 15.9 Å². The second-order valence-electron chi connectivity index (χ2n) is 3.12. The number of rotatable bonds is 1. The van der Waals surface area contributed by atoms with Crippen molar-refractivity contribution in [1.82, 2.24) is 0 Å². The molecule has 1 aromatic carbocycles. The van der Waals surface area contributed by atoms with Crippen molar-refractivity contribution in [1.29, 1.82) is 0 Å². The Balaban J connectivity index is 2.42. The summed E-state index contributed by atoms with van der Waals surface area (Å²) >= 11 is 5.43. The van der Waals surface area contributed by atoms with Gasteiger partial charge in [0.1, 0.15) is 0 Å². The average Bonchev–Trinajstić information content (AvgIpc) is 2.39. The van der Waals surface area contributed by atoms with Crippen LogP contribution in [0.15, 0.2) is 27.6 Å². The van der Waals surface area contributed by atoms with Crippen molar-refractivity contribution < 1.29 is 0 Å². The van der Waals surface area contributed by atoms with E-state index in [1.54, 1.807) is 0 Å². The predicted molar refractivity (Wildman–Crippen MR) is 62.5 cm³/mol. The van der Waals surface area contributed by atoms with E-state index >= 15 is 0 Å². The summed E-state index contributed by atoms with van der Waals surface area (Å²) in [6.07, 6.45) is 0. The topological polar surface area (TPSA) is 3.24 Å². The SMILES string of the molecule is CCN1c2ccc(Br)cc2SC1C. The molecule has 0 N–H and O–H groups in total. The van der Waals surface area contributed by atoms with Crippen LogP contribution in [0.2, 0.25) is 0 Å². The molecule has 70 valence electrons. The molecule has 1 atom stereocenters. The Labute approximate surface area is 91.6 Å². The van der Waals surface area contributed by atoms with Crippen LogP contribution in [0.3, 0.4) is 0 Å². The molecule has 0 aliphatic carbocycles. The Hall–Kier alpha value is -0.150. The number of thioether (sulfide) groups is 1. The summed E-state index contributed by atoms with van der Waals surface area (Å²) in [4.78, 5) is 3.82. The fourth-order valence-corrected chi connectivity index (χ4v) is 3.46. The third-order valence-electron chi connectivity index (χ3n) is 2.31. The Morgan fingerprint density at radius 3 is 3.00 bits per heavy atom. The highest BCUT2D eigenvalue weighted by Crippen LogP contribution is 2.43. The van der Waals surface area contributed by atoms with Crippen LogP contribution in [0, 0.1) is 0 Å². The summed E-state index contributed by atoms with van der Waals surface area (Å²) in [6.45, 7) is 5.54. The van der Waals surface area contributed by atoms with Gasteiger partial charge in [0.25, 0.3) is 0 Å². The number of hydrogen-bond acceptors (Lipinski definition) is 2. The molecule has 0 fully saturated rings. The number of anilines is 1. The van der Waals surface area contributed by atoms with Crippen molar-refractivity contribution in [3.8, 4) is 0 Å². The van der Waals surface area contributed by atoms with E-state index in [2.05, 4.69) is 52.9 Å². The van der Waals surface area contributed by atoms with Crippen molar-refractivity contribution in [2.75, 3.05) is 11.4 Å². The first-order valence-corrected chi connectivity index (χ1v) is 6.12. The number of hydrogen-bond donors (Lipinski definition) is 0. The molecule has 1 nitrogen and oxygen atoms in total. The van der Waals surface area contributed by atoms with E-state index < -0.39 is 0 Å². The zero-order valence-electron chi connectivity index (χ0n) is 7.75. The Morgan fingerprint density at radius 1 is 1.54 bits per heavy atom. The summed E-state index contributed by atoms with van der Waals surface area (Å²) in [5.74, 6) is 0. The van der Waals surface area contributed by atoms with Crippen LogP contribution in [0.4, 0.5) is 5.69 Å². The highest BCUT2D eigenvalue weighted by atomic mass is 79.9. The molecule has 1 unspecified atom stereocenters. The molecule has 3 heteroatoms. The largest absolute Gasteiger partial charge is 0.359 e. The number of benzene rings is 1. The summed E-state index contributed by atoms with van der Waals surface area (Å²) < 4.78 is 1.17. The van der Waals surface area contributed by atoms with Crippen molar-refractivity contribution >= 4 is 33.4 Å².